The van der Waals surface area contributed by atoms with Crippen molar-refractivity contribution in [3.05, 3.63) is 0 Å². The van der Waals surface area contributed by atoms with Crippen molar-refractivity contribution in [1.29, 1.82) is 0 Å². The average molecular weight is 242 g/mol. The molecular formula is C11H22N4O2. The fourth-order valence-corrected chi connectivity index (χ4v) is 1.98. The Morgan fingerprint density at radius 2 is 2.00 bits per heavy atom. The number of carbonyl (C=O) groups excluding carboxylic acids is 2. The minimum Gasteiger partial charge on any atom is -0.356 e. The minimum absolute atomic E-state index is 0.0783. The molecule has 0 aromatic heterocycles. The van der Waals surface area contributed by atoms with Crippen molar-refractivity contribution in [2.24, 2.45) is 5.73 Å². The van der Waals surface area contributed by atoms with Crippen molar-refractivity contribution >= 4 is 11.9 Å². The Kier molecular flexibility index (Phi) is 5.76. The largest absolute Gasteiger partial charge is 0.356 e. The first-order valence-corrected chi connectivity index (χ1v) is 6.18. The molecule has 0 aromatic carbocycles. The third-order valence-corrected chi connectivity index (χ3v) is 2.97. The summed E-state index contributed by atoms with van der Waals surface area (Å²) in [5.41, 5.74) is 5.20. The van der Waals surface area contributed by atoms with E-state index in [2.05, 4.69) is 10.6 Å². The maximum absolute atomic E-state index is 11.2. The molecule has 1 aliphatic rings. The summed E-state index contributed by atoms with van der Waals surface area (Å²) in [5, 5.41) is 6.09. The van der Waals surface area contributed by atoms with Crippen molar-refractivity contribution in [2.75, 3.05) is 26.2 Å². The number of rotatable bonds is 5. The van der Waals surface area contributed by atoms with Crippen molar-refractivity contribution in [1.82, 2.24) is 15.5 Å². The second kappa shape index (κ2) is 7.11. The fourth-order valence-electron chi connectivity index (χ4n) is 1.98. The highest BCUT2D eigenvalue weighted by Crippen LogP contribution is 2.09. The number of amides is 3. The SMILES string of the molecule is CCNC(=O)CCNC1CCN(C(N)=O)CC1. The lowest BCUT2D eigenvalue weighted by Crippen LogP contribution is -2.47. The molecule has 0 radical (unpaired) electrons. The van der Waals surface area contributed by atoms with Gasteiger partial charge in [0.2, 0.25) is 5.91 Å². The highest BCUT2D eigenvalue weighted by atomic mass is 16.2. The van der Waals surface area contributed by atoms with Crippen LogP contribution in [0.3, 0.4) is 0 Å². The number of piperidine rings is 1. The highest BCUT2D eigenvalue weighted by molar-refractivity contribution is 5.75. The summed E-state index contributed by atoms with van der Waals surface area (Å²) in [6.07, 6.45) is 2.31. The minimum atomic E-state index is -0.342. The summed E-state index contributed by atoms with van der Waals surface area (Å²) >= 11 is 0. The third kappa shape index (κ3) is 5.04. The van der Waals surface area contributed by atoms with Gasteiger partial charge in [-0.05, 0) is 19.8 Å². The molecule has 0 atom stereocenters. The second-order valence-corrected chi connectivity index (χ2v) is 4.26. The number of nitrogens with one attached hydrogen (secondary N) is 2. The van der Waals surface area contributed by atoms with Crippen LogP contribution in [0, 0.1) is 0 Å². The van der Waals surface area contributed by atoms with Crippen molar-refractivity contribution in [3.63, 3.8) is 0 Å². The summed E-state index contributed by atoms with van der Waals surface area (Å²) in [7, 11) is 0. The number of nitrogens with two attached hydrogens (primary N) is 1. The number of hydrogen-bond acceptors (Lipinski definition) is 3. The van der Waals surface area contributed by atoms with Crippen LogP contribution in [0.25, 0.3) is 0 Å². The topological polar surface area (TPSA) is 87.5 Å². The monoisotopic (exact) mass is 242 g/mol. The van der Waals surface area contributed by atoms with Crippen LogP contribution < -0.4 is 16.4 Å². The molecule has 0 aliphatic carbocycles. The van der Waals surface area contributed by atoms with Crippen LogP contribution in [-0.2, 0) is 4.79 Å². The van der Waals surface area contributed by atoms with Gasteiger partial charge in [0.05, 0.1) is 0 Å². The van der Waals surface area contributed by atoms with Gasteiger partial charge in [0.1, 0.15) is 0 Å². The van der Waals surface area contributed by atoms with Crippen LogP contribution in [0.2, 0.25) is 0 Å². The summed E-state index contributed by atoms with van der Waals surface area (Å²) < 4.78 is 0. The van der Waals surface area contributed by atoms with Gasteiger partial charge in [-0.3, -0.25) is 4.79 Å². The summed E-state index contributed by atoms with van der Waals surface area (Å²) in [4.78, 5) is 23.8. The van der Waals surface area contributed by atoms with Crippen LogP contribution in [-0.4, -0.2) is 49.1 Å². The first kappa shape index (κ1) is 13.8. The van der Waals surface area contributed by atoms with E-state index in [0.29, 0.717) is 38.6 Å². The van der Waals surface area contributed by atoms with E-state index in [9.17, 15) is 9.59 Å². The van der Waals surface area contributed by atoms with Gasteiger partial charge in [0.15, 0.2) is 0 Å². The summed E-state index contributed by atoms with van der Waals surface area (Å²) in [6.45, 7) is 4.68. The number of hydrogen-bond donors (Lipinski definition) is 3. The predicted octanol–water partition coefficient (Wildman–Crippen LogP) is -0.355. The molecular weight excluding hydrogens is 220 g/mol. The van der Waals surface area contributed by atoms with Gasteiger partial charge in [-0.2, -0.15) is 0 Å². The van der Waals surface area contributed by atoms with Gasteiger partial charge in [-0.1, -0.05) is 0 Å². The molecule has 3 amide bonds. The Bertz CT molecular complexity index is 262. The van der Waals surface area contributed by atoms with Crippen molar-refractivity contribution in [2.45, 2.75) is 32.2 Å². The lowest BCUT2D eigenvalue weighted by molar-refractivity contribution is -0.120. The first-order valence-electron chi connectivity index (χ1n) is 6.18. The first-order chi connectivity index (χ1) is 8.13. The lowest BCUT2D eigenvalue weighted by atomic mass is 10.1. The Labute approximate surface area is 102 Å². The van der Waals surface area contributed by atoms with E-state index in [1.807, 2.05) is 6.92 Å². The lowest BCUT2D eigenvalue weighted by Gasteiger charge is -2.31. The van der Waals surface area contributed by atoms with Gasteiger partial charge in [0, 0.05) is 38.6 Å². The molecule has 0 aromatic rings. The maximum Gasteiger partial charge on any atom is 0.314 e. The predicted molar refractivity (Wildman–Crippen MR) is 65.5 cm³/mol. The highest BCUT2D eigenvalue weighted by Gasteiger charge is 2.20. The molecule has 0 unspecified atom stereocenters. The van der Waals surface area contributed by atoms with Crippen LogP contribution >= 0.6 is 0 Å². The molecule has 1 aliphatic heterocycles. The molecule has 0 saturated carbocycles. The number of nitrogens with zero attached hydrogens (tertiary/aromatic N) is 1. The van der Waals surface area contributed by atoms with E-state index in [1.54, 1.807) is 4.90 Å². The molecule has 1 rings (SSSR count). The maximum atomic E-state index is 11.2. The standard InChI is InChI=1S/C11H22N4O2/c1-2-13-10(16)3-6-14-9-4-7-15(8-5-9)11(12)17/h9,14H,2-8H2,1H3,(H2,12,17)(H,13,16). The van der Waals surface area contributed by atoms with Gasteiger partial charge in [0.25, 0.3) is 0 Å². The van der Waals surface area contributed by atoms with Gasteiger partial charge in [-0.15, -0.1) is 0 Å². The number of carbonyl (C=O) groups is 2. The quantitative estimate of drug-likeness (QED) is 0.615. The van der Waals surface area contributed by atoms with Crippen LogP contribution in [0.15, 0.2) is 0 Å². The Morgan fingerprint density at radius 3 is 2.53 bits per heavy atom. The van der Waals surface area contributed by atoms with E-state index < -0.39 is 0 Å². The van der Waals surface area contributed by atoms with Crippen LogP contribution in [0.5, 0.6) is 0 Å². The number of urea groups is 1. The molecule has 6 nitrogen and oxygen atoms in total. The zero-order valence-corrected chi connectivity index (χ0v) is 10.4. The van der Waals surface area contributed by atoms with E-state index in [0.717, 1.165) is 12.8 Å². The molecule has 6 heteroatoms. The second-order valence-electron chi connectivity index (χ2n) is 4.26. The Balaban J connectivity index is 2.10. The van der Waals surface area contributed by atoms with Crippen LogP contribution in [0.1, 0.15) is 26.2 Å². The molecule has 17 heavy (non-hydrogen) atoms. The van der Waals surface area contributed by atoms with E-state index in [-0.39, 0.29) is 11.9 Å². The number of likely N-dealkylation sites (tertiary alicyclic amines) is 1. The van der Waals surface area contributed by atoms with Crippen molar-refractivity contribution < 1.29 is 9.59 Å². The van der Waals surface area contributed by atoms with E-state index >= 15 is 0 Å². The molecule has 0 spiro atoms. The van der Waals surface area contributed by atoms with E-state index in [1.165, 1.54) is 0 Å². The third-order valence-electron chi connectivity index (χ3n) is 2.97. The van der Waals surface area contributed by atoms with Gasteiger partial charge < -0.3 is 21.3 Å². The summed E-state index contributed by atoms with van der Waals surface area (Å²) in [6, 6.07) is 0.0470. The van der Waals surface area contributed by atoms with Crippen LogP contribution in [0.4, 0.5) is 4.79 Å². The molecule has 0 bridgehead atoms. The molecule has 1 heterocycles. The Hall–Kier alpha value is -1.30. The molecule has 4 N–H and O–H groups in total. The van der Waals surface area contributed by atoms with Crippen molar-refractivity contribution in [3.8, 4) is 0 Å². The molecule has 1 saturated heterocycles. The summed E-state index contributed by atoms with van der Waals surface area (Å²) in [5.74, 6) is 0.0783. The average Bonchev–Trinajstić information content (AvgIpc) is 2.30. The van der Waals surface area contributed by atoms with E-state index in [4.69, 9.17) is 5.73 Å². The van der Waals surface area contributed by atoms with Gasteiger partial charge >= 0.3 is 6.03 Å². The Morgan fingerprint density at radius 1 is 1.35 bits per heavy atom. The molecule has 1 fully saturated rings. The normalized spacial score (nSPS) is 16.9. The molecule has 98 valence electrons. The zero-order valence-electron chi connectivity index (χ0n) is 10.4. The zero-order chi connectivity index (χ0) is 12.7. The number of primary amides is 1. The fraction of sp³-hybridized carbons (Fsp3) is 0.818. The van der Waals surface area contributed by atoms with Gasteiger partial charge in [-0.25, -0.2) is 4.79 Å². The smallest absolute Gasteiger partial charge is 0.314 e.